The first-order chi connectivity index (χ1) is 23.2. The normalized spacial score (nSPS) is 31.6. The Morgan fingerprint density at radius 3 is 2.37 bits per heavy atom. The summed E-state index contributed by atoms with van der Waals surface area (Å²) < 4.78 is 12.9. The third kappa shape index (κ3) is 7.65. The summed E-state index contributed by atoms with van der Waals surface area (Å²) in [5.41, 5.74) is -1.28. The number of carbonyl (C=O) groups excluding carboxylic acids is 4. The first kappa shape index (κ1) is 36.8. The second-order valence-corrected chi connectivity index (χ2v) is 16.0. The van der Waals surface area contributed by atoms with Crippen LogP contribution in [-0.4, -0.2) is 87.6 Å². The number of carbonyl (C=O) groups is 4. The predicted octanol–water partition coefficient (Wildman–Crippen LogP) is 4.87. The topological polar surface area (TPSA) is 125 Å². The number of aliphatic hydroxyl groups is 1. The van der Waals surface area contributed by atoms with Gasteiger partial charge in [0, 0.05) is 31.7 Å². The molecule has 2 fully saturated rings. The van der Waals surface area contributed by atoms with Crippen molar-refractivity contribution in [3.63, 3.8) is 0 Å². The number of aliphatic hydroxyl groups excluding tert-OH is 1. The van der Waals surface area contributed by atoms with Gasteiger partial charge in [-0.3, -0.25) is 19.2 Å². The molecule has 2 N–H and O–H groups in total. The van der Waals surface area contributed by atoms with Gasteiger partial charge in [0.2, 0.25) is 17.7 Å². The maximum Gasteiger partial charge on any atom is 0.313 e. The number of fused-ring (bicyclic) bond motifs is 2. The summed E-state index contributed by atoms with van der Waals surface area (Å²) in [4.78, 5) is 60.6. The zero-order valence-corrected chi connectivity index (χ0v) is 30.0. The Bertz CT molecular complexity index is 1430. The van der Waals surface area contributed by atoms with E-state index in [-0.39, 0.29) is 36.2 Å². The van der Waals surface area contributed by atoms with Gasteiger partial charge in [0.1, 0.15) is 23.7 Å². The van der Waals surface area contributed by atoms with Gasteiger partial charge in [0.15, 0.2) is 0 Å². The van der Waals surface area contributed by atoms with Crippen molar-refractivity contribution < 1.29 is 33.8 Å². The van der Waals surface area contributed by atoms with Crippen LogP contribution in [0.5, 0.6) is 0 Å². The highest BCUT2D eigenvalue weighted by molar-refractivity contribution is 5.99. The summed E-state index contributed by atoms with van der Waals surface area (Å²) in [6, 6.07) is 7.78. The largest absolute Gasteiger partial charge is 0.455 e. The Balaban J connectivity index is 1.58. The quantitative estimate of drug-likeness (QED) is 0.217. The van der Waals surface area contributed by atoms with Crippen molar-refractivity contribution in [2.24, 2.45) is 17.3 Å². The van der Waals surface area contributed by atoms with E-state index in [1.165, 1.54) is 0 Å². The van der Waals surface area contributed by atoms with Crippen LogP contribution in [0.3, 0.4) is 0 Å². The maximum atomic E-state index is 15.1. The van der Waals surface area contributed by atoms with Crippen LogP contribution in [0.25, 0.3) is 0 Å². The van der Waals surface area contributed by atoms with E-state index in [1.54, 1.807) is 4.90 Å². The summed E-state index contributed by atoms with van der Waals surface area (Å²) in [5, 5.41) is 12.3. The van der Waals surface area contributed by atoms with Crippen LogP contribution in [0, 0.1) is 17.3 Å². The lowest BCUT2D eigenvalue weighted by Gasteiger charge is -2.45. The third-order valence-corrected chi connectivity index (χ3v) is 10.4. The SMILES string of the molecule is C[C@@H]1NC(=O)CC/C=C\CN(C(C)(C)CC(C)(C)C)C(=O)[C@H]2N(CCCCCCO)C(=O)[C@@H]3[C@@H](C(=O)O[C@H]1c1ccccc1)[C@H]1C=C[C@]32O1. The lowest BCUT2D eigenvalue weighted by molar-refractivity contribution is -0.161. The van der Waals surface area contributed by atoms with Gasteiger partial charge in [-0.1, -0.05) is 88.2 Å². The third-order valence-electron chi connectivity index (χ3n) is 10.4. The van der Waals surface area contributed by atoms with Gasteiger partial charge in [0.05, 0.1) is 18.1 Å². The van der Waals surface area contributed by atoms with Crippen molar-refractivity contribution in [2.75, 3.05) is 19.7 Å². The van der Waals surface area contributed by atoms with Gasteiger partial charge in [-0.15, -0.1) is 0 Å². The second-order valence-electron chi connectivity index (χ2n) is 16.0. The summed E-state index contributed by atoms with van der Waals surface area (Å²) in [5.74, 6) is -3.14. The van der Waals surface area contributed by atoms with E-state index in [2.05, 4.69) is 39.9 Å². The van der Waals surface area contributed by atoms with Gasteiger partial charge in [-0.2, -0.15) is 0 Å². The van der Waals surface area contributed by atoms with E-state index in [0.717, 1.165) is 18.4 Å². The van der Waals surface area contributed by atoms with Crippen LogP contribution in [0.1, 0.15) is 98.2 Å². The number of hydrogen-bond acceptors (Lipinski definition) is 7. The molecule has 0 aliphatic carbocycles. The minimum Gasteiger partial charge on any atom is -0.455 e. The molecular weight excluding hydrogens is 622 g/mol. The highest BCUT2D eigenvalue weighted by Gasteiger charge is 2.73. The fourth-order valence-corrected chi connectivity index (χ4v) is 8.60. The van der Waals surface area contributed by atoms with Gasteiger partial charge >= 0.3 is 5.97 Å². The summed E-state index contributed by atoms with van der Waals surface area (Å²) in [7, 11) is 0. The molecule has 10 heteroatoms. The van der Waals surface area contributed by atoms with E-state index in [1.807, 2.05) is 66.5 Å². The van der Waals surface area contributed by atoms with Gasteiger partial charge in [-0.05, 0) is 57.4 Å². The minimum absolute atomic E-state index is 0.0964. The van der Waals surface area contributed by atoms with Crippen LogP contribution in [0.15, 0.2) is 54.6 Å². The van der Waals surface area contributed by atoms with Gasteiger partial charge < -0.3 is 29.7 Å². The van der Waals surface area contributed by atoms with Gasteiger partial charge in [-0.25, -0.2) is 0 Å². The molecule has 0 radical (unpaired) electrons. The molecule has 0 saturated carbocycles. The molecule has 3 amide bonds. The number of cyclic esters (lactones) is 1. The molecule has 1 aromatic carbocycles. The molecule has 0 aromatic heterocycles. The van der Waals surface area contributed by atoms with E-state index in [9.17, 15) is 19.5 Å². The summed E-state index contributed by atoms with van der Waals surface area (Å²) in [6.45, 7) is 13.1. The molecule has 4 aliphatic rings. The summed E-state index contributed by atoms with van der Waals surface area (Å²) in [6.07, 6.45) is 10.3. The predicted molar refractivity (Wildman–Crippen MR) is 186 cm³/mol. The molecule has 268 valence electrons. The Hall–Kier alpha value is -3.50. The molecule has 5 bridgehead atoms. The van der Waals surface area contributed by atoms with Crippen LogP contribution in [0.2, 0.25) is 0 Å². The van der Waals surface area contributed by atoms with Crippen LogP contribution in [0.4, 0.5) is 0 Å². The summed E-state index contributed by atoms with van der Waals surface area (Å²) >= 11 is 0. The Morgan fingerprint density at radius 1 is 0.959 bits per heavy atom. The molecule has 4 heterocycles. The maximum absolute atomic E-state index is 15.1. The van der Waals surface area contributed by atoms with E-state index < -0.39 is 53.2 Å². The number of rotatable bonds is 9. The number of likely N-dealkylation sites (tertiary alicyclic amines) is 1. The standard InChI is InChI=1S/C39H55N3O7/c1-26-32(27-17-11-9-12-18-27)48-36(47)30-28-20-21-39(49-28)31(30)34(45)41(22-14-7-8-16-24-43)33(39)35(46)42(38(5,6)25-37(2,3)4)23-15-10-13-19-29(44)40-26/h9-12,15,17-18,20-21,26,28,30-33,43H,7-8,13-14,16,19,22-25H2,1-6H3,(H,40,44)/b15-10-/t26-,28+,30-,31-,32+,33+,39-/m0/s1. The fourth-order valence-electron chi connectivity index (χ4n) is 8.60. The molecule has 5 rings (SSSR count). The van der Waals surface area contributed by atoms with E-state index in [4.69, 9.17) is 9.47 Å². The smallest absolute Gasteiger partial charge is 0.313 e. The van der Waals surface area contributed by atoms with Crippen molar-refractivity contribution in [2.45, 2.75) is 122 Å². The molecule has 2 saturated heterocycles. The number of hydrogen-bond donors (Lipinski definition) is 2. The molecule has 1 aromatic rings. The van der Waals surface area contributed by atoms with Crippen molar-refractivity contribution in [3.8, 4) is 0 Å². The number of nitrogens with one attached hydrogen (secondary N) is 1. The highest BCUT2D eigenvalue weighted by atomic mass is 16.6. The monoisotopic (exact) mass is 677 g/mol. The van der Waals surface area contributed by atoms with Crippen LogP contribution >= 0.6 is 0 Å². The Morgan fingerprint density at radius 2 is 1.67 bits per heavy atom. The zero-order valence-electron chi connectivity index (χ0n) is 30.0. The number of amides is 3. The average molecular weight is 678 g/mol. The Labute approximate surface area is 291 Å². The molecule has 0 unspecified atom stereocenters. The molecular formula is C39H55N3O7. The fraction of sp³-hybridized carbons (Fsp3) is 0.641. The number of allylic oxidation sites excluding steroid dienone is 1. The minimum atomic E-state index is -1.32. The second kappa shape index (κ2) is 14.8. The number of benzene rings is 1. The van der Waals surface area contributed by atoms with Crippen molar-refractivity contribution in [1.82, 2.24) is 15.1 Å². The number of nitrogens with zero attached hydrogens (tertiary/aromatic N) is 2. The van der Waals surface area contributed by atoms with E-state index >= 15 is 4.79 Å². The first-order valence-electron chi connectivity index (χ1n) is 18.0. The first-order valence-corrected chi connectivity index (χ1v) is 18.0. The van der Waals surface area contributed by atoms with Crippen molar-refractivity contribution in [1.29, 1.82) is 0 Å². The molecule has 4 aliphatic heterocycles. The number of ether oxygens (including phenoxy) is 2. The molecule has 1 spiro atoms. The molecule has 10 nitrogen and oxygen atoms in total. The molecule has 7 atom stereocenters. The van der Waals surface area contributed by atoms with Crippen LogP contribution in [-0.2, 0) is 28.7 Å². The Kier molecular flexibility index (Phi) is 11.1. The number of esters is 1. The van der Waals surface area contributed by atoms with E-state index in [0.29, 0.717) is 38.8 Å². The highest BCUT2D eigenvalue weighted by Crippen LogP contribution is 2.56. The van der Waals surface area contributed by atoms with Crippen molar-refractivity contribution >= 4 is 23.7 Å². The lowest BCUT2D eigenvalue weighted by Crippen LogP contribution is -2.60. The molecule has 49 heavy (non-hydrogen) atoms. The lowest BCUT2D eigenvalue weighted by atomic mass is 9.74. The van der Waals surface area contributed by atoms with Gasteiger partial charge in [0.25, 0.3) is 0 Å². The van der Waals surface area contributed by atoms with Crippen molar-refractivity contribution in [3.05, 3.63) is 60.2 Å². The van der Waals surface area contributed by atoms with Crippen LogP contribution < -0.4 is 5.32 Å². The number of unbranched alkanes of at least 4 members (excludes halogenated alkanes) is 3. The zero-order chi connectivity index (χ0) is 35.6. The average Bonchev–Trinajstić information content (AvgIpc) is 3.67.